The van der Waals surface area contributed by atoms with Crippen LogP contribution in [0.25, 0.3) is 10.9 Å². The summed E-state index contributed by atoms with van der Waals surface area (Å²) in [5.41, 5.74) is 0.778. The Kier molecular flexibility index (Phi) is 4.60. The maximum absolute atomic E-state index is 12.5. The van der Waals surface area contributed by atoms with Crippen molar-refractivity contribution < 1.29 is 19.1 Å². The monoisotopic (exact) mass is 367 g/mol. The second-order valence-corrected chi connectivity index (χ2v) is 6.61. The Hall–Kier alpha value is -1.82. The van der Waals surface area contributed by atoms with E-state index in [4.69, 9.17) is 9.47 Å². The second-order valence-electron chi connectivity index (χ2n) is 5.86. The van der Waals surface area contributed by atoms with Crippen LogP contribution >= 0.6 is 15.9 Å². The molecule has 0 saturated carbocycles. The third kappa shape index (κ3) is 3.32. The van der Waals surface area contributed by atoms with Gasteiger partial charge in [-0.1, -0.05) is 18.2 Å². The Bertz CT molecular complexity index is 728. The Morgan fingerprint density at radius 2 is 1.86 bits per heavy atom. The van der Waals surface area contributed by atoms with E-state index in [0.717, 1.165) is 5.39 Å². The highest BCUT2D eigenvalue weighted by Crippen LogP contribution is 2.31. The number of aromatic nitrogens is 1. The van der Waals surface area contributed by atoms with Crippen LogP contribution in [0.5, 0.6) is 0 Å². The molecule has 1 heterocycles. The molecular formula is C16H18BrNO4. The fourth-order valence-electron chi connectivity index (χ4n) is 2.15. The highest BCUT2D eigenvalue weighted by atomic mass is 79.9. The van der Waals surface area contributed by atoms with Gasteiger partial charge in [-0.15, -0.1) is 0 Å². The second kappa shape index (κ2) is 6.12. The van der Waals surface area contributed by atoms with E-state index in [-0.39, 0.29) is 12.4 Å². The molecule has 1 aromatic heterocycles. The standard InChI is InChI=1S/C16H18BrNO4/c1-16(2,3)22-15(20)18-12-8-6-5-7-10(12)11(14(18)17)9-13(19)21-4/h5-8H,9H2,1-4H3. The van der Waals surface area contributed by atoms with Crippen molar-refractivity contribution in [1.29, 1.82) is 0 Å². The summed E-state index contributed by atoms with van der Waals surface area (Å²) in [4.78, 5) is 24.1. The van der Waals surface area contributed by atoms with E-state index < -0.39 is 11.7 Å². The molecular weight excluding hydrogens is 350 g/mol. The van der Waals surface area contributed by atoms with E-state index in [0.29, 0.717) is 15.7 Å². The first kappa shape index (κ1) is 16.5. The number of para-hydroxylation sites is 1. The minimum Gasteiger partial charge on any atom is -0.469 e. The number of methoxy groups -OCH3 is 1. The summed E-state index contributed by atoms with van der Waals surface area (Å²) in [7, 11) is 1.34. The minimum absolute atomic E-state index is 0.0768. The van der Waals surface area contributed by atoms with Crippen molar-refractivity contribution in [2.45, 2.75) is 32.8 Å². The fourth-order valence-corrected chi connectivity index (χ4v) is 2.84. The molecule has 0 atom stereocenters. The van der Waals surface area contributed by atoms with Gasteiger partial charge >= 0.3 is 12.1 Å². The fraction of sp³-hybridized carbons (Fsp3) is 0.375. The summed E-state index contributed by atoms with van der Waals surface area (Å²) in [5, 5.41) is 0.811. The molecule has 22 heavy (non-hydrogen) atoms. The largest absolute Gasteiger partial charge is 0.469 e. The molecule has 1 aromatic carbocycles. The lowest BCUT2D eigenvalue weighted by Crippen LogP contribution is -2.27. The minimum atomic E-state index is -0.607. The first-order valence-electron chi connectivity index (χ1n) is 6.82. The maximum atomic E-state index is 12.5. The van der Waals surface area contributed by atoms with Gasteiger partial charge in [-0.3, -0.25) is 4.79 Å². The topological polar surface area (TPSA) is 57.5 Å². The number of rotatable bonds is 2. The zero-order chi connectivity index (χ0) is 16.5. The predicted molar refractivity (Wildman–Crippen MR) is 87.0 cm³/mol. The van der Waals surface area contributed by atoms with Crippen molar-refractivity contribution in [1.82, 2.24) is 4.57 Å². The van der Waals surface area contributed by atoms with Crippen LogP contribution in [0.2, 0.25) is 0 Å². The number of halogens is 1. The third-order valence-electron chi connectivity index (χ3n) is 3.04. The Morgan fingerprint density at radius 3 is 2.45 bits per heavy atom. The Balaban J connectivity index is 2.57. The van der Waals surface area contributed by atoms with Crippen molar-refractivity contribution in [3.05, 3.63) is 34.4 Å². The van der Waals surface area contributed by atoms with Crippen LogP contribution in [0.15, 0.2) is 28.9 Å². The lowest BCUT2D eigenvalue weighted by Gasteiger charge is -2.20. The molecule has 2 aromatic rings. The van der Waals surface area contributed by atoms with E-state index in [1.54, 1.807) is 20.8 Å². The highest BCUT2D eigenvalue weighted by Gasteiger charge is 2.25. The van der Waals surface area contributed by atoms with Crippen LogP contribution in [0.3, 0.4) is 0 Å². The zero-order valence-electron chi connectivity index (χ0n) is 13.0. The van der Waals surface area contributed by atoms with Crippen molar-refractivity contribution in [2.24, 2.45) is 0 Å². The van der Waals surface area contributed by atoms with Gasteiger partial charge in [0.2, 0.25) is 0 Å². The quantitative estimate of drug-likeness (QED) is 0.755. The molecule has 0 amide bonds. The van der Waals surface area contributed by atoms with Gasteiger partial charge in [0, 0.05) is 10.9 Å². The van der Waals surface area contributed by atoms with E-state index in [9.17, 15) is 9.59 Å². The van der Waals surface area contributed by atoms with Crippen LogP contribution in [-0.2, 0) is 20.7 Å². The smallest absolute Gasteiger partial charge is 0.419 e. The molecule has 0 bridgehead atoms. The number of fused-ring (bicyclic) bond motifs is 1. The SMILES string of the molecule is COC(=O)Cc1c(Br)n(C(=O)OC(C)(C)C)c2ccccc12. The zero-order valence-corrected chi connectivity index (χ0v) is 14.6. The average molecular weight is 368 g/mol. The van der Waals surface area contributed by atoms with Gasteiger partial charge in [-0.05, 0) is 42.8 Å². The number of carbonyl (C=O) groups excluding carboxylic acids is 2. The van der Waals surface area contributed by atoms with E-state index >= 15 is 0 Å². The highest BCUT2D eigenvalue weighted by molar-refractivity contribution is 9.10. The Morgan fingerprint density at radius 1 is 1.23 bits per heavy atom. The summed E-state index contributed by atoms with van der Waals surface area (Å²) in [5.74, 6) is -0.368. The van der Waals surface area contributed by atoms with E-state index in [1.165, 1.54) is 11.7 Å². The van der Waals surface area contributed by atoms with Gasteiger partial charge in [0.15, 0.2) is 0 Å². The first-order valence-corrected chi connectivity index (χ1v) is 7.62. The molecule has 118 valence electrons. The number of carbonyl (C=O) groups is 2. The summed E-state index contributed by atoms with van der Waals surface area (Å²) < 4.78 is 12.1. The van der Waals surface area contributed by atoms with Gasteiger partial charge in [0.25, 0.3) is 0 Å². The van der Waals surface area contributed by atoms with E-state index in [1.807, 2.05) is 24.3 Å². The molecule has 0 fully saturated rings. The van der Waals surface area contributed by atoms with Crippen LogP contribution < -0.4 is 0 Å². The van der Waals surface area contributed by atoms with Crippen LogP contribution in [0.4, 0.5) is 4.79 Å². The first-order chi connectivity index (χ1) is 10.2. The van der Waals surface area contributed by atoms with Gasteiger partial charge in [-0.2, -0.15) is 0 Å². The van der Waals surface area contributed by atoms with Gasteiger partial charge in [0.1, 0.15) is 5.60 Å². The molecule has 2 rings (SSSR count). The number of esters is 1. The number of hydrogen-bond acceptors (Lipinski definition) is 4. The lowest BCUT2D eigenvalue weighted by molar-refractivity contribution is -0.139. The van der Waals surface area contributed by atoms with Gasteiger partial charge in [-0.25, -0.2) is 9.36 Å². The Labute approximate surface area is 137 Å². The molecule has 0 radical (unpaired) electrons. The maximum Gasteiger partial charge on any atom is 0.419 e. The van der Waals surface area contributed by atoms with Gasteiger partial charge in [0.05, 0.1) is 23.7 Å². The average Bonchev–Trinajstić information content (AvgIpc) is 2.70. The van der Waals surface area contributed by atoms with E-state index in [2.05, 4.69) is 15.9 Å². The molecule has 0 spiro atoms. The number of nitrogens with zero attached hydrogens (tertiary/aromatic N) is 1. The predicted octanol–water partition coefficient (Wildman–Crippen LogP) is 3.90. The number of benzene rings is 1. The molecule has 0 saturated heterocycles. The molecule has 6 heteroatoms. The summed E-state index contributed by atoms with van der Waals surface area (Å²) in [6.45, 7) is 5.42. The third-order valence-corrected chi connectivity index (χ3v) is 3.87. The molecule has 5 nitrogen and oxygen atoms in total. The molecule has 0 aliphatic carbocycles. The normalized spacial score (nSPS) is 11.5. The summed E-state index contributed by atoms with van der Waals surface area (Å²) in [6, 6.07) is 7.36. The molecule has 0 N–H and O–H groups in total. The van der Waals surface area contributed by atoms with Crippen molar-refractivity contribution >= 4 is 38.9 Å². The number of ether oxygens (including phenoxy) is 2. The van der Waals surface area contributed by atoms with Crippen LogP contribution in [0.1, 0.15) is 26.3 Å². The van der Waals surface area contributed by atoms with Gasteiger partial charge < -0.3 is 9.47 Å². The molecule has 0 unspecified atom stereocenters. The van der Waals surface area contributed by atoms with Crippen molar-refractivity contribution in [3.8, 4) is 0 Å². The summed E-state index contributed by atoms with van der Waals surface area (Å²) in [6.07, 6.45) is -0.417. The van der Waals surface area contributed by atoms with Crippen LogP contribution in [0, 0.1) is 0 Å². The lowest BCUT2D eigenvalue weighted by atomic mass is 10.1. The van der Waals surface area contributed by atoms with Crippen molar-refractivity contribution in [2.75, 3.05) is 7.11 Å². The number of hydrogen-bond donors (Lipinski definition) is 0. The summed E-state index contributed by atoms with van der Waals surface area (Å²) >= 11 is 3.41. The molecule has 0 aliphatic rings. The van der Waals surface area contributed by atoms with Crippen molar-refractivity contribution in [3.63, 3.8) is 0 Å². The molecule has 0 aliphatic heterocycles. The van der Waals surface area contributed by atoms with Crippen LogP contribution in [-0.4, -0.2) is 29.3 Å².